The Labute approximate surface area is 256 Å². The first-order chi connectivity index (χ1) is 21.3. The molecule has 3 aromatic heterocycles. The van der Waals surface area contributed by atoms with Gasteiger partial charge in [0.05, 0.1) is 31.7 Å². The first-order valence-electron chi connectivity index (χ1n) is 13.2. The largest absolute Gasteiger partial charge is 0.497 e. The zero-order chi connectivity index (χ0) is 31.1. The first-order valence-corrected chi connectivity index (χ1v) is 13.5. The summed E-state index contributed by atoms with van der Waals surface area (Å²) in [7, 11) is 1.60. The van der Waals surface area contributed by atoms with E-state index >= 15 is 0 Å². The molecule has 11 nitrogen and oxygen atoms in total. The molecule has 0 saturated heterocycles. The Kier molecular flexibility index (Phi) is 9.21. The molecule has 0 spiro atoms. The lowest BCUT2D eigenvalue weighted by molar-refractivity contribution is 0.101. The third-order valence-electron chi connectivity index (χ3n) is 6.21. The number of carbonyl (C=O) groups excluding carboxylic acids is 1. The minimum atomic E-state index is -0.779. The molecule has 0 aliphatic heterocycles. The fourth-order valence-corrected chi connectivity index (χ4v) is 4.24. The maximum atomic E-state index is 13.4. The number of carbonyl (C=O) groups is 1. The van der Waals surface area contributed by atoms with E-state index in [-0.39, 0.29) is 40.3 Å². The van der Waals surface area contributed by atoms with Crippen molar-refractivity contribution < 1.29 is 18.7 Å². The van der Waals surface area contributed by atoms with Crippen LogP contribution in [0, 0.1) is 5.82 Å². The minimum Gasteiger partial charge on any atom is -0.497 e. The van der Waals surface area contributed by atoms with Crippen molar-refractivity contribution in [2.75, 3.05) is 17.7 Å². The highest BCUT2D eigenvalue weighted by Gasteiger charge is 2.19. The van der Waals surface area contributed by atoms with Crippen LogP contribution in [0.2, 0.25) is 5.02 Å². The second-order valence-corrected chi connectivity index (χ2v) is 9.60. The van der Waals surface area contributed by atoms with Crippen molar-refractivity contribution in [1.82, 2.24) is 24.7 Å². The number of hydrogen-bond acceptors (Lipinski definition) is 9. The van der Waals surface area contributed by atoms with Gasteiger partial charge in [0.1, 0.15) is 22.4 Å². The highest BCUT2D eigenvalue weighted by Crippen LogP contribution is 2.33. The molecule has 0 fully saturated rings. The molecule has 3 heterocycles. The fraction of sp³-hybridized carbons (Fsp3) is 0.0968. The smallest absolute Gasteiger partial charge is 0.322 e. The predicted octanol–water partition coefficient (Wildman–Crippen LogP) is 5.74. The van der Waals surface area contributed by atoms with E-state index in [1.807, 2.05) is 24.3 Å². The fourth-order valence-electron chi connectivity index (χ4n) is 4.03. The van der Waals surface area contributed by atoms with E-state index in [9.17, 15) is 14.0 Å². The Hall–Kier alpha value is -5.62. The SMILES string of the molecule is C=CCn1cc(-c2ccc(F)cc2)c(=O)c(C(=O)Nc2cnc(Oc3ccnc(NCc4ccc(OC)cc4)c3Cl)nc2)n1. The molecule has 5 rings (SSSR count). The number of nitrogens with zero attached hydrogens (tertiary/aromatic N) is 5. The molecule has 0 atom stereocenters. The monoisotopic (exact) mass is 613 g/mol. The van der Waals surface area contributed by atoms with E-state index < -0.39 is 17.2 Å². The number of amides is 1. The summed E-state index contributed by atoms with van der Waals surface area (Å²) in [6.45, 7) is 4.37. The van der Waals surface area contributed by atoms with Crippen LogP contribution < -0.4 is 25.5 Å². The number of pyridine rings is 1. The van der Waals surface area contributed by atoms with Crippen LogP contribution in [0.15, 0.2) is 96.8 Å². The van der Waals surface area contributed by atoms with Crippen LogP contribution in [-0.2, 0) is 13.1 Å². The molecule has 0 unspecified atom stereocenters. The van der Waals surface area contributed by atoms with Crippen LogP contribution in [0.25, 0.3) is 11.1 Å². The molecular formula is C31H25ClFN7O4. The molecule has 2 N–H and O–H groups in total. The molecule has 0 aliphatic carbocycles. The average molecular weight is 614 g/mol. The molecular weight excluding hydrogens is 589 g/mol. The quantitative estimate of drug-likeness (QED) is 0.179. The van der Waals surface area contributed by atoms with E-state index in [0.29, 0.717) is 17.9 Å². The number of ether oxygens (including phenoxy) is 2. The molecule has 0 bridgehead atoms. The summed E-state index contributed by atoms with van der Waals surface area (Å²) in [6, 6.07) is 14.4. The standard InChI is InChI=1S/C31H25ClFN7O4/c1-3-14-40-18-24(20-6-8-21(33)9-7-20)28(41)27(39-40)30(42)38-22-16-36-31(37-17-22)44-25-12-13-34-29(26(25)32)35-15-19-4-10-23(43-2)11-5-19/h3-13,16-18H,1,14-15H2,2H3,(H,34,35)(H,38,42). The summed E-state index contributed by atoms with van der Waals surface area (Å²) >= 11 is 6.51. The van der Waals surface area contributed by atoms with Crippen molar-refractivity contribution in [3.8, 4) is 28.6 Å². The lowest BCUT2D eigenvalue weighted by atomic mass is 10.1. The van der Waals surface area contributed by atoms with Crippen molar-refractivity contribution in [2.45, 2.75) is 13.1 Å². The number of methoxy groups -OCH3 is 1. The van der Waals surface area contributed by atoms with Gasteiger partial charge in [-0.05, 0) is 35.4 Å². The Bertz CT molecular complexity index is 1850. The second kappa shape index (κ2) is 13.6. The van der Waals surface area contributed by atoms with E-state index in [4.69, 9.17) is 21.1 Å². The molecule has 1 amide bonds. The highest BCUT2D eigenvalue weighted by molar-refractivity contribution is 6.34. The Balaban J connectivity index is 1.28. The van der Waals surface area contributed by atoms with Crippen molar-refractivity contribution >= 4 is 29.0 Å². The number of rotatable bonds is 11. The van der Waals surface area contributed by atoms with Crippen molar-refractivity contribution in [3.05, 3.63) is 124 Å². The summed E-state index contributed by atoms with van der Waals surface area (Å²) in [6.07, 6.45) is 7.19. The molecule has 5 aromatic rings. The van der Waals surface area contributed by atoms with Crippen LogP contribution >= 0.6 is 11.6 Å². The predicted molar refractivity (Wildman–Crippen MR) is 164 cm³/mol. The van der Waals surface area contributed by atoms with Crippen molar-refractivity contribution in [2.24, 2.45) is 0 Å². The lowest BCUT2D eigenvalue weighted by Crippen LogP contribution is -2.27. The van der Waals surface area contributed by atoms with Gasteiger partial charge in [-0.25, -0.2) is 19.3 Å². The van der Waals surface area contributed by atoms with Gasteiger partial charge in [0.15, 0.2) is 11.4 Å². The lowest BCUT2D eigenvalue weighted by Gasteiger charge is -2.12. The van der Waals surface area contributed by atoms with Gasteiger partial charge >= 0.3 is 6.01 Å². The first kappa shape index (κ1) is 29.9. The van der Waals surface area contributed by atoms with E-state index in [1.54, 1.807) is 19.3 Å². The summed E-state index contributed by atoms with van der Waals surface area (Å²) in [5.74, 6) is 0.193. The number of nitrogens with one attached hydrogen (secondary N) is 2. The van der Waals surface area contributed by atoms with Gasteiger partial charge in [0, 0.05) is 30.6 Å². The van der Waals surface area contributed by atoms with Crippen molar-refractivity contribution in [3.63, 3.8) is 0 Å². The van der Waals surface area contributed by atoms with Crippen LogP contribution in [-0.4, -0.2) is 37.7 Å². The molecule has 2 aromatic carbocycles. The van der Waals surface area contributed by atoms with Gasteiger partial charge in [-0.1, -0.05) is 41.9 Å². The van der Waals surface area contributed by atoms with E-state index in [0.717, 1.165) is 11.3 Å². The van der Waals surface area contributed by atoms with Crippen LogP contribution in [0.4, 0.5) is 15.9 Å². The topological polar surface area (TPSA) is 133 Å². The summed E-state index contributed by atoms with van der Waals surface area (Å²) in [5.41, 5.74) is 0.802. The number of hydrogen-bond donors (Lipinski definition) is 2. The van der Waals surface area contributed by atoms with Crippen molar-refractivity contribution in [1.29, 1.82) is 0 Å². The maximum absolute atomic E-state index is 13.4. The molecule has 0 radical (unpaired) electrons. The van der Waals surface area contributed by atoms with Gasteiger partial charge in [-0.3, -0.25) is 14.3 Å². The summed E-state index contributed by atoms with van der Waals surface area (Å²) < 4.78 is 25.8. The normalized spacial score (nSPS) is 10.6. The average Bonchev–Trinajstić information content (AvgIpc) is 3.04. The van der Waals surface area contributed by atoms with E-state index in [2.05, 4.69) is 37.3 Å². The zero-order valence-electron chi connectivity index (χ0n) is 23.3. The molecule has 44 heavy (non-hydrogen) atoms. The van der Waals surface area contributed by atoms with Crippen LogP contribution in [0.3, 0.4) is 0 Å². The Morgan fingerprint density at radius 1 is 1.07 bits per heavy atom. The number of halogens is 2. The summed E-state index contributed by atoms with van der Waals surface area (Å²) in [5, 5.41) is 10.1. The van der Waals surface area contributed by atoms with Gasteiger partial charge in [-0.2, -0.15) is 5.10 Å². The van der Waals surface area contributed by atoms with Gasteiger partial charge < -0.3 is 20.1 Å². The van der Waals surface area contributed by atoms with Gasteiger partial charge in [0.25, 0.3) is 5.91 Å². The number of allylic oxidation sites excluding steroid dienone is 1. The number of anilines is 2. The minimum absolute atomic E-state index is 0.0398. The Morgan fingerprint density at radius 3 is 2.48 bits per heavy atom. The van der Waals surface area contributed by atoms with Crippen LogP contribution in [0.5, 0.6) is 17.5 Å². The molecule has 0 aliphatic rings. The Morgan fingerprint density at radius 2 is 1.80 bits per heavy atom. The van der Waals surface area contributed by atoms with Crippen LogP contribution in [0.1, 0.15) is 16.1 Å². The molecule has 13 heteroatoms. The zero-order valence-corrected chi connectivity index (χ0v) is 24.1. The number of aromatic nitrogens is 5. The highest BCUT2D eigenvalue weighted by atomic mass is 35.5. The third-order valence-corrected chi connectivity index (χ3v) is 6.58. The van der Waals surface area contributed by atoms with Gasteiger partial charge in [0.2, 0.25) is 5.43 Å². The second-order valence-electron chi connectivity index (χ2n) is 9.22. The van der Waals surface area contributed by atoms with E-state index in [1.165, 1.54) is 53.7 Å². The summed E-state index contributed by atoms with van der Waals surface area (Å²) in [4.78, 5) is 38.8. The third kappa shape index (κ3) is 7.05. The molecule has 0 saturated carbocycles. The molecule has 222 valence electrons. The number of benzene rings is 2. The maximum Gasteiger partial charge on any atom is 0.322 e. The van der Waals surface area contributed by atoms with Gasteiger partial charge in [-0.15, -0.1) is 6.58 Å².